The van der Waals surface area contributed by atoms with Gasteiger partial charge in [0, 0.05) is 44.2 Å². The maximum absolute atomic E-state index is 5.39. The number of hydrogen-bond donors (Lipinski definition) is 0. The lowest BCUT2D eigenvalue weighted by Gasteiger charge is -2.22. The fourth-order valence-corrected chi connectivity index (χ4v) is 7.58. The molecule has 206 valence electrons. The van der Waals surface area contributed by atoms with Crippen LogP contribution in [0.5, 0.6) is 0 Å². The molecule has 0 atom stereocenters. The summed E-state index contributed by atoms with van der Waals surface area (Å²) in [6.07, 6.45) is 6.73. The Morgan fingerprint density at radius 3 is 2.16 bits per heavy atom. The summed E-state index contributed by atoms with van der Waals surface area (Å²) in [4.78, 5) is 5.39. The molecule has 2 aliphatic rings. The third-order valence-electron chi connectivity index (χ3n) is 9.54. The molecule has 7 aromatic rings. The molecule has 0 unspecified atom stereocenters. The maximum Gasteiger partial charge on any atom is 0.0775 e. The Hall–Kier alpha value is -5.15. The minimum absolute atomic E-state index is 0.184. The summed E-state index contributed by atoms with van der Waals surface area (Å²) >= 11 is 0. The van der Waals surface area contributed by atoms with Gasteiger partial charge < -0.3 is 9.13 Å². The number of aliphatic imine (C=N–C) groups is 1. The highest BCUT2D eigenvalue weighted by Crippen LogP contribution is 2.49. The Balaban J connectivity index is 1.30. The van der Waals surface area contributed by atoms with Crippen molar-refractivity contribution in [2.75, 3.05) is 0 Å². The molecule has 0 amide bonds. The molecule has 5 aromatic carbocycles. The highest BCUT2D eigenvalue weighted by Gasteiger charge is 2.37. The zero-order valence-corrected chi connectivity index (χ0v) is 24.4. The second-order valence-corrected chi connectivity index (χ2v) is 12.3. The second-order valence-electron chi connectivity index (χ2n) is 12.3. The predicted molar refractivity (Wildman–Crippen MR) is 181 cm³/mol. The Kier molecular flexibility index (Phi) is 5.07. The number of rotatable bonds is 3. The van der Waals surface area contributed by atoms with Gasteiger partial charge in [0.2, 0.25) is 0 Å². The van der Waals surface area contributed by atoms with Crippen LogP contribution in [0.3, 0.4) is 0 Å². The van der Waals surface area contributed by atoms with Gasteiger partial charge in [0.05, 0.1) is 27.9 Å². The Labute approximate surface area is 251 Å². The molecule has 9 rings (SSSR count). The van der Waals surface area contributed by atoms with Gasteiger partial charge in [-0.15, -0.1) is 0 Å². The van der Waals surface area contributed by atoms with Crippen molar-refractivity contribution in [1.29, 1.82) is 0 Å². The molecular formula is C40H31N3. The normalized spacial score (nSPS) is 15.3. The lowest BCUT2D eigenvalue weighted by molar-refractivity contribution is 0.738. The van der Waals surface area contributed by atoms with E-state index in [0.29, 0.717) is 0 Å². The van der Waals surface area contributed by atoms with Crippen molar-refractivity contribution < 1.29 is 0 Å². The maximum atomic E-state index is 5.39. The van der Waals surface area contributed by atoms with Crippen molar-refractivity contribution in [1.82, 2.24) is 9.13 Å². The number of fused-ring (bicyclic) bond motifs is 8. The largest absolute Gasteiger partial charge is 0.313 e. The van der Waals surface area contributed by atoms with Gasteiger partial charge >= 0.3 is 0 Å². The SMILES string of the molecule is CC1(C)C(c2ccccc2)=Nc2c1ccc1c2c2ccccc2n1-c1cccc(-n2c3c(c4ccccc42)C=CCC3)c1. The molecule has 1 aliphatic carbocycles. The van der Waals surface area contributed by atoms with E-state index in [4.69, 9.17) is 4.99 Å². The summed E-state index contributed by atoms with van der Waals surface area (Å²) in [6, 6.07) is 41.9. The standard InChI is InChI=1S/C40H31N3/c1-40(2)32-23-24-36-37(38(32)41-39(40)26-13-4-3-5-14-26)31-19-8-11-22-35(31)43(36)28-16-12-15-27(25-28)42-33-20-9-6-17-29(33)30-18-7-10-21-34(30)42/h3-9,11-20,22-25H,10,21H2,1-2H3. The van der Waals surface area contributed by atoms with Crippen LogP contribution in [0.1, 0.15) is 42.7 Å². The first kappa shape index (κ1) is 24.4. The van der Waals surface area contributed by atoms with E-state index >= 15 is 0 Å². The zero-order chi connectivity index (χ0) is 28.7. The van der Waals surface area contributed by atoms with Crippen LogP contribution < -0.4 is 0 Å². The average molecular weight is 554 g/mol. The van der Waals surface area contributed by atoms with E-state index in [1.165, 1.54) is 60.8 Å². The number of nitrogens with zero attached hydrogens (tertiary/aromatic N) is 3. The molecule has 3 heterocycles. The van der Waals surface area contributed by atoms with Gasteiger partial charge in [-0.25, -0.2) is 0 Å². The van der Waals surface area contributed by atoms with Crippen molar-refractivity contribution in [3.05, 3.63) is 144 Å². The Morgan fingerprint density at radius 1 is 0.651 bits per heavy atom. The van der Waals surface area contributed by atoms with Crippen LogP contribution in [0.25, 0.3) is 50.2 Å². The summed E-state index contributed by atoms with van der Waals surface area (Å²) in [5, 5.41) is 3.79. The van der Waals surface area contributed by atoms with Crippen LogP contribution >= 0.6 is 0 Å². The van der Waals surface area contributed by atoms with Gasteiger partial charge in [-0.3, -0.25) is 4.99 Å². The van der Waals surface area contributed by atoms with E-state index in [0.717, 1.165) is 29.9 Å². The van der Waals surface area contributed by atoms with Crippen molar-refractivity contribution >= 4 is 50.2 Å². The lowest BCUT2D eigenvalue weighted by Crippen LogP contribution is -2.26. The van der Waals surface area contributed by atoms with E-state index in [-0.39, 0.29) is 5.41 Å². The van der Waals surface area contributed by atoms with Gasteiger partial charge in [-0.05, 0) is 60.4 Å². The Bertz CT molecular complexity index is 2310. The van der Waals surface area contributed by atoms with E-state index < -0.39 is 0 Å². The molecule has 3 nitrogen and oxygen atoms in total. The van der Waals surface area contributed by atoms with Crippen LogP contribution in [-0.4, -0.2) is 14.8 Å². The quantitative estimate of drug-likeness (QED) is 0.208. The molecule has 0 N–H and O–H groups in total. The molecule has 0 saturated carbocycles. The Morgan fingerprint density at radius 2 is 1.35 bits per heavy atom. The number of benzene rings is 5. The average Bonchev–Trinajstić information content (AvgIpc) is 3.66. The third-order valence-corrected chi connectivity index (χ3v) is 9.54. The monoisotopic (exact) mass is 553 g/mol. The fourth-order valence-electron chi connectivity index (χ4n) is 7.58. The van der Waals surface area contributed by atoms with Crippen LogP contribution in [0.4, 0.5) is 5.69 Å². The minimum atomic E-state index is -0.184. The summed E-state index contributed by atoms with van der Waals surface area (Å²) in [5.74, 6) is 0. The van der Waals surface area contributed by atoms with Gasteiger partial charge in [0.1, 0.15) is 0 Å². The van der Waals surface area contributed by atoms with E-state index in [1.807, 2.05) is 0 Å². The second kappa shape index (κ2) is 8.92. The van der Waals surface area contributed by atoms with Crippen LogP contribution in [0.15, 0.2) is 126 Å². The number of aromatic nitrogens is 2. The molecule has 0 fully saturated rings. The molecule has 0 saturated heterocycles. The molecule has 2 aromatic heterocycles. The van der Waals surface area contributed by atoms with Crippen LogP contribution in [-0.2, 0) is 11.8 Å². The van der Waals surface area contributed by atoms with E-state index in [1.54, 1.807) is 0 Å². The van der Waals surface area contributed by atoms with E-state index in [2.05, 4.69) is 150 Å². The van der Waals surface area contributed by atoms with Gasteiger partial charge in [0.25, 0.3) is 0 Å². The first-order chi connectivity index (χ1) is 21.1. The highest BCUT2D eigenvalue weighted by molar-refractivity contribution is 6.21. The molecule has 3 heteroatoms. The highest BCUT2D eigenvalue weighted by atomic mass is 15.0. The minimum Gasteiger partial charge on any atom is -0.313 e. The van der Waals surface area contributed by atoms with Crippen molar-refractivity contribution in [2.24, 2.45) is 4.99 Å². The summed E-state index contributed by atoms with van der Waals surface area (Å²) < 4.78 is 4.90. The van der Waals surface area contributed by atoms with Gasteiger partial charge in [-0.1, -0.05) is 105 Å². The van der Waals surface area contributed by atoms with Gasteiger partial charge in [-0.2, -0.15) is 0 Å². The third kappa shape index (κ3) is 3.39. The van der Waals surface area contributed by atoms with Crippen molar-refractivity contribution in [2.45, 2.75) is 32.1 Å². The number of allylic oxidation sites excluding steroid dienone is 1. The van der Waals surface area contributed by atoms with E-state index in [9.17, 15) is 0 Å². The molecule has 0 spiro atoms. The number of para-hydroxylation sites is 2. The predicted octanol–water partition coefficient (Wildman–Crippen LogP) is 10.1. The molecule has 1 aliphatic heterocycles. The first-order valence-corrected chi connectivity index (χ1v) is 15.2. The molecule has 0 bridgehead atoms. The van der Waals surface area contributed by atoms with Gasteiger partial charge in [0.15, 0.2) is 0 Å². The van der Waals surface area contributed by atoms with Crippen LogP contribution in [0, 0.1) is 0 Å². The smallest absolute Gasteiger partial charge is 0.0775 e. The topological polar surface area (TPSA) is 22.2 Å². The summed E-state index contributed by atoms with van der Waals surface area (Å²) in [5.41, 5.74) is 13.3. The summed E-state index contributed by atoms with van der Waals surface area (Å²) in [7, 11) is 0. The molecule has 0 radical (unpaired) electrons. The zero-order valence-electron chi connectivity index (χ0n) is 24.4. The first-order valence-electron chi connectivity index (χ1n) is 15.2. The lowest BCUT2D eigenvalue weighted by atomic mass is 9.78. The fraction of sp³-hybridized carbons (Fsp3) is 0.125. The van der Waals surface area contributed by atoms with Crippen molar-refractivity contribution in [3.8, 4) is 11.4 Å². The van der Waals surface area contributed by atoms with Crippen LogP contribution in [0.2, 0.25) is 0 Å². The number of hydrogen-bond acceptors (Lipinski definition) is 1. The molecular weight excluding hydrogens is 522 g/mol. The molecule has 43 heavy (non-hydrogen) atoms. The van der Waals surface area contributed by atoms with Crippen molar-refractivity contribution in [3.63, 3.8) is 0 Å². The summed E-state index contributed by atoms with van der Waals surface area (Å²) in [6.45, 7) is 4.60.